The quantitative estimate of drug-likeness (QED) is 0.893. The lowest BCUT2D eigenvalue weighted by molar-refractivity contribution is 0.0946. The van der Waals surface area contributed by atoms with Crippen LogP contribution in [0.25, 0.3) is 10.9 Å². The third-order valence-corrected chi connectivity index (χ3v) is 3.01. The summed E-state index contributed by atoms with van der Waals surface area (Å²) >= 11 is 5.95. The fraction of sp³-hybridized carbons (Fsp3) is 0.308. The van der Waals surface area contributed by atoms with E-state index in [0.29, 0.717) is 17.3 Å². The number of fused-ring (bicyclic) bond motifs is 1. The SMILES string of the molecule is CCCNC(=O)c1cc2ccc(Cl)cc2n1C. The summed E-state index contributed by atoms with van der Waals surface area (Å²) in [4.78, 5) is 11.9. The highest BCUT2D eigenvalue weighted by molar-refractivity contribution is 6.31. The second-order valence-electron chi connectivity index (χ2n) is 4.05. The number of rotatable bonds is 3. The molecule has 0 radical (unpaired) electrons. The average molecular weight is 251 g/mol. The van der Waals surface area contributed by atoms with Crippen LogP contribution in [0.2, 0.25) is 5.02 Å². The Morgan fingerprint density at radius 2 is 2.18 bits per heavy atom. The number of carbonyl (C=O) groups excluding carboxylic acids is 1. The van der Waals surface area contributed by atoms with Gasteiger partial charge in [0.15, 0.2) is 0 Å². The van der Waals surface area contributed by atoms with E-state index in [1.807, 2.05) is 42.8 Å². The van der Waals surface area contributed by atoms with Crippen LogP contribution in [0.3, 0.4) is 0 Å². The van der Waals surface area contributed by atoms with Crippen LogP contribution in [0.5, 0.6) is 0 Å². The predicted molar refractivity (Wildman–Crippen MR) is 70.6 cm³/mol. The minimum absolute atomic E-state index is 0.0401. The summed E-state index contributed by atoms with van der Waals surface area (Å²) in [5.74, 6) is -0.0401. The van der Waals surface area contributed by atoms with Crippen molar-refractivity contribution in [2.24, 2.45) is 7.05 Å². The molecule has 1 aromatic heterocycles. The number of hydrogen-bond donors (Lipinski definition) is 1. The van der Waals surface area contributed by atoms with Crippen molar-refractivity contribution >= 4 is 28.4 Å². The van der Waals surface area contributed by atoms with Crippen molar-refractivity contribution in [2.75, 3.05) is 6.54 Å². The summed E-state index contributed by atoms with van der Waals surface area (Å²) in [7, 11) is 1.87. The highest BCUT2D eigenvalue weighted by Gasteiger charge is 2.12. The molecule has 1 N–H and O–H groups in total. The zero-order valence-corrected chi connectivity index (χ0v) is 10.7. The summed E-state index contributed by atoms with van der Waals surface area (Å²) < 4.78 is 1.87. The van der Waals surface area contributed by atoms with E-state index in [9.17, 15) is 4.79 Å². The standard InChI is InChI=1S/C13H15ClN2O/c1-3-6-15-13(17)12-7-9-4-5-10(14)8-11(9)16(12)2/h4-5,7-8H,3,6H2,1-2H3,(H,15,17). The Balaban J connectivity index is 2.42. The molecule has 3 nitrogen and oxygen atoms in total. The largest absolute Gasteiger partial charge is 0.351 e. The van der Waals surface area contributed by atoms with Crippen molar-refractivity contribution in [1.29, 1.82) is 0 Å². The molecule has 1 amide bonds. The Morgan fingerprint density at radius 1 is 1.41 bits per heavy atom. The molecular weight excluding hydrogens is 236 g/mol. The van der Waals surface area contributed by atoms with Crippen LogP contribution in [0, 0.1) is 0 Å². The van der Waals surface area contributed by atoms with Gasteiger partial charge >= 0.3 is 0 Å². The van der Waals surface area contributed by atoms with Crippen molar-refractivity contribution in [3.63, 3.8) is 0 Å². The number of nitrogens with one attached hydrogen (secondary N) is 1. The molecule has 17 heavy (non-hydrogen) atoms. The summed E-state index contributed by atoms with van der Waals surface area (Å²) in [6.45, 7) is 2.72. The Hall–Kier alpha value is -1.48. The van der Waals surface area contributed by atoms with Crippen molar-refractivity contribution in [2.45, 2.75) is 13.3 Å². The molecule has 0 bridgehead atoms. The molecule has 90 valence electrons. The summed E-state index contributed by atoms with van der Waals surface area (Å²) in [6, 6.07) is 7.51. The van der Waals surface area contributed by atoms with E-state index in [1.165, 1.54) is 0 Å². The van der Waals surface area contributed by atoms with Crippen LogP contribution in [0.4, 0.5) is 0 Å². The van der Waals surface area contributed by atoms with Crippen LogP contribution in [-0.2, 0) is 7.05 Å². The minimum atomic E-state index is -0.0401. The number of halogens is 1. The molecule has 0 unspecified atom stereocenters. The second kappa shape index (κ2) is 4.80. The molecule has 0 saturated carbocycles. The van der Waals surface area contributed by atoms with Crippen LogP contribution < -0.4 is 5.32 Å². The first-order chi connectivity index (χ1) is 8.13. The van der Waals surface area contributed by atoms with Crippen LogP contribution in [0.1, 0.15) is 23.8 Å². The second-order valence-corrected chi connectivity index (χ2v) is 4.48. The minimum Gasteiger partial charge on any atom is -0.351 e. The van der Waals surface area contributed by atoms with Gasteiger partial charge in [0.25, 0.3) is 5.91 Å². The fourth-order valence-electron chi connectivity index (χ4n) is 1.85. The van der Waals surface area contributed by atoms with Crippen molar-refractivity contribution in [3.05, 3.63) is 35.0 Å². The Morgan fingerprint density at radius 3 is 2.88 bits per heavy atom. The highest BCUT2D eigenvalue weighted by Crippen LogP contribution is 2.22. The van der Waals surface area contributed by atoms with E-state index >= 15 is 0 Å². The average Bonchev–Trinajstić information content (AvgIpc) is 2.64. The maximum absolute atomic E-state index is 11.9. The molecule has 1 aromatic carbocycles. The molecule has 0 aliphatic carbocycles. The normalized spacial score (nSPS) is 10.8. The first-order valence-electron chi connectivity index (χ1n) is 5.66. The summed E-state index contributed by atoms with van der Waals surface area (Å²) in [6.07, 6.45) is 0.932. The third kappa shape index (κ3) is 2.29. The Labute approximate surface area is 105 Å². The van der Waals surface area contributed by atoms with Gasteiger partial charge in [0, 0.05) is 29.5 Å². The van der Waals surface area contributed by atoms with E-state index in [0.717, 1.165) is 17.3 Å². The predicted octanol–water partition coefficient (Wildman–Crippen LogP) is 2.97. The molecular formula is C13H15ClN2O. The number of hydrogen-bond acceptors (Lipinski definition) is 1. The van der Waals surface area contributed by atoms with Gasteiger partial charge in [-0.05, 0) is 24.6 Å². The highest BCUT2D eigenvalue weighted by atomic mass is 35.5. The number of aryl methyl sites for hydroxylation is 1. The number of carbonyl (C=O) groups is 1. The molecule has 2 aromatic rings. The Bertz CT molecular complexity index is 560. The zero-order valence-electron chi connectivity index (χ0n) is 9.96. The van der Waals surface area contributed by atoms with E-state index in [-0.39, 0.29) is 5.91 Å². The van der Waals surface area contributed by atoms with E-state index in [1.54, 1.807) is 0 Å². The third-order valence-electron chi connectivity index (χ3n) is 2.78. The van der Waals surface area contributed by atoms with Gasteiger partial charge in [-0.15, -0.1) is 0 Å². The smallest absolute Gasteiger partial charge is 0.267 e. The van der Waals surface area contributed by atoms with Gasteiger partial charge < -0.3 is 9.88 Å². The molecule has 4 heteroatoms. The van der Waals surface area contributed by atoms with E-state index in [4.69, 9.17) is 11.6 Å². The molecule has 1 heterocycles. The topological polar surface area (TPSA) is 34.0 Å². The van der Waals surface area contributed by atoms with Crippen LogP contribution >= 0.6 is 11.6 Å². The molecule has 0 aliphatic rings. The van der Waals surface area contributed by atoms with Crippen molar-refractivity contribution < 1.29 is 4.79 Å². The van der Waals surface area contributed by atoms with E-state index < -0.39 is 0 Å². The lowest BCUT2D eigenvalue weighted by Crippen LogP contribution is -2.25. The van der Waals surface area contributed by atoms with Gasteiger partial charge in [0.05, 0.1) is 0 Å². The molecule has 0 saturated heterocycles. The first-order valence-corrected chi connectivity index (χ1v) is 6.04. The number of aromatic nitrogens is 1. The van der Waals surface area contributed by atoms with E-state index in [2.05, 4.69) is 5.32 Å². The summed E-state index contributed by atoms with van der Waals surface area (Å²) in [5, 5.41) is 4.58. The van der Waals surface area contributed by atoms with Crippen molar-refractivity contribution in [1.82, 2.24) is 9.88 Å². The fourth-order valence-corrected chi connectivity index (χ4v) is 2.02. The zero-order chi connectivity index (χ0) is 12.4. The van der Waals surface area contributed by atoms with Gasteiger partial charge in [0.1, 0.15) is 5.69 Å². The molecule has 0 aliphatic heterocycles. The molecule has 0 fully saturated rings. The maximum atomic E-state index is 11.9. The van der Waals surface area contributed by atoms with Crippen LogP contribution in [0.15, 0.2) is 24.3 Å². The monoisotopic (exact) mass is 250 g/mol. The Kier molecular flexibility index (Phi) is 3.38. The lowest BCUT2D eigenvalue weighted by atomic mass is 10.2. The van der Waals surface area contributed by atoms with Gasteiger partial charge in [-0.3, -0.25) is 4.79 Å². The lowest BCUT2D eigenvalue weighted by Gasteiger charge is -2.05. The number of nitrogens with zero attached hydrogens (tertiary/aromatic N) is 1. The van der Waals surface area contributed by atoms with Gasteiger partial charge in [0.2, 0.25) is 0 Å². The van der Waals surface area contributed by atoms with Gasteiger partial charge in [-0.2, -0.15) is 0 Å². The summed E-state index contributed by atoms with van der Waals surface area (Å²) in [5.41, 5.74) is 1.63. The maximum Gasteiger partial charge on any atom is 0.267 e. The number of benzene rings is 1. The van der Waals surface area contributed by atoms with Crippen LogP contribution in [-0.4, -0.2) is 17.0 Å². The molecule has 2 rings (SSSR count). The van der Waals surface area contributed by atoms with Crippen molar-refractivity contribution in [3.8, 4) is 0 Å². The van der Waals surface area contributed by atoms with Gasteiger partial charge in [-0.1, -0.05) is 24.6 Å². The molecule has 0 atom stereocenters. The first kappa shape index (κ1) is 12.0. The molecule has 0 spiro atoms. The van der Waals surface area contributed by atoms with Gasteiger partial charge in [-0.25, -0.2) is 0 Å². The number of amides is 1.